The second-order valence-electron chi connectivity index (χ2n) is 22.8. The lowest BCUT2D eigenvalue weighted by atomic mass is 9.87. The number of rotatable bonds is 25. The molecule has 5 N–H and O–H groups in total. The highest BCUT2D eigenvalue weighted by molar-refractivity contribution is 6.01. The van der Waals surface area contributed by atoms with Crippen LogP contribution in [-0.4, -0.2) is 108 Å². The van der Waals surface area contributed by atoms with E-state index in [0.29, 0.717) is 52.3 Å². The molecule has 0 saturated heterocycles. The molecule has 5 amide bonds. The third kappa shape index (κ3) is 20.7. The van der Waals surface area contributed by atoms with Crippen LogP contribution >= 0.6 is 0 Å². The molecule has 0 radical (unpaired) electrons. The highest BCUT2D eigenvalue weighted by Gasteiger charge is 2.37. The first-order valence-corrected chi connectivity index (χ1v) is 27.9. The molecule has 18 nitrogen and oxygen atoms in total. The smallest absolute Gasteiger partial charge is 0.407 e. The van der Waals surface area contributed by atoms with E-state index in [-0.39, 0.29) is 57.6 Å². The summed E-state index contributed by atoms with van der Waals surface area (Å²) in [7, 11) is 1.48. The summed E-state index contributed by atoms with van der Waals surface area (Å²) in [5.74, 6) is -5.62. The average Bonchev–Trinajstić information content (AvgIpc) is 3.38. The maximum Gasteiger partial charge on any atom is 0.407 e. The third-order valence-corrected chi connectivity index (χ3v) is 13.5. The maximum absolute atomic E-state index is 15.3. The number of carbonyl (C=O) groups excluding carboxylic acids is 8. The van der Waals surface area contributed by atoms with E-state index in [4.69, 9.17) is 18.9 Å². The second kappa shape index (κ2) is 30.5. The normalized spacial score (nSPS) is 16.5. The molecule has 0 spiro atoms. The number of hydrogen-bond acceptors (Lipinski definition) is 13. The van der Waals surface area contributed by atoms with Crippen LogP contribution in [0.15, 0.2) is 54.6 Å². The molecule has 4 bridgehead atoms. The summed E-state index contributed by atoms with van der Waals surface area (Å²) in [6.45, 7) is 19.7. The van der Waals surface area contributed by atoms with Crippen LogP contribution in [0.25, 0.3) is 11.1 Å². The van der Waals surface area contributed by atoms with Gasteiger partial charge in [-0.25, -0.2) is 15.1 Å². The Morgan fingerprint density at radius 3 is 2.00 bits per heavy atom. The molecule has 0 unspecified atom stereocenters. The van der Waals surface area contributed by atoms with Gasteiger partial charge in [-0.05, 0) is 127 Å². The number of unbranched alkanes of at least 4 members (excludes halogenated alkanes) is 4. The lowest BCUT2D eigenvalue weighted by molar-refractivity contribution is -0.142. The number of carbonyl (C=O) groups is 8. The minimum absolute atomic E-state index is 0.00207. The molecule has 1 aliphatic rings. The monoisotopic (exact) mass is 1100 g/mol. The Morgan fingerprint density at radius 1 is 0.759 bits per heavy atom. The van der Waals surface area contributed by atoms with Gasteiger partial charge in [0.2, 0.25) is 17.7 Å². The van der Waals surface area contributed by atoms with Gasteiger partial charge < -0.3 is 39.8 Å². The number of aryl methyl sites for hydroxylation is 2. The van der Waals surface area contributed by atoms with Crippen LogP contribution in [0.1, 0.15) is 172 Å². The van der Waals surface area contributed by atoms with E-state index < -0.39 is 82.5 Å². The van der Waals surface area contributed by atoms with E-state index in [9.17, 15) is 34.0 Å². The molecule has 3 aromatic rings. The molecule has 1 heterocycles. The fraction of sp³-hybridized carbons (Fsp3) is 0.574. The molecule has 0 aliphatic carbocycles. The van der Waals surface area contributed by atoms with Gasteiger partial charge in [-0.15, -0.1) is 0 Å². The minimum atomic E-state index is -1.35. The van der Waals surface area contributed by atoms with E-state index in [0.717, 1.165) is 36.8 Å². The van der Waals surface area contributed by atoms with E-state index in [1.165, 1.54) is 31.7 Å². The van der Waals surface area contributed by atoms with Gasteiger partial charge in [-0.1, -0.05) is 83.7 Å². The summed E-state index contributed by atoms with van der Waals surface area (Å²) in [4.78, 5) is 112. The number of hydroxylamine groups is 1. The predicted molar refractivity (Wildman–Crippen MR) is 301 cm³/mol. The number of hydrogen-bond donors (Lipinski definition) is 5. The van der Waals surface area contributed by atoms with Crippen LogP contribution in [0.4, 0.5) is 9.59 Å². The Labute approximate surface area is 467 Å². The molecule has 0 saturated carbocycles. The second-order valence-corrected chi connectivity index (χ2v) is 22.8. The van der Waals surface area contributed by atoms with Crippen molar-refractivity contribution in [2.75, 3.05) is 33.4 Å². The Kier molecular flexibility index (Phi) is 25.0. The average molecular weight is 1100 g/mol. The Morgan fingerprint density at radius 2 is 1.38 bits per heavy atom. The van der Waals surface area contributed by atoms with Gasteiger partial charge in [0, 0.05) is 67.3 Å². The zero-order valence-corrected chi connectivity index (χ0v) is 48.7. The summed E-state index contributed by atoms with van der Waals surface area (Å²) in [6.07, 6.45) is 4.81. The van der Waals surface area contributed by atoms with Gasteiger partial charge in [0.25, 0.3) is 0 Å². The standard InChI is InChI=1S/C61H87N5O13/c1-13-15-16-17-18-19-41-20-23-45(38(3)31-41)49(67)37-44(26-27-62-58(73)78-60(6,7)8)57(72)66(12)54-43-22-25-53(76-29-14-2)47(36-43)46-34-42(21-24-52(46)77-30-28-63-59(74)79-61(9,10)11)35-48(50(68)32-40(5)56(71)65-75)64-55(70)39(4)33-51(54)69/h20-25,31,34,36,39-40,44,48,54,75H,13-19,26-30,32-33,35,37H2,1-12H3,(H,62,73)(H,63,74)(H,64,70)(H,65,71)/t39-,40-,44-,48+,54+/m1/s1. The van der Waals surface area contributed by atoms with Crippen LogP contribution in [0.5, 0.6) is 11.5 Å². The van der Waals surface area contributed by atoms with Crippen LogP contribution < -0.4 is 30.9 Å². The van der Waals surface area contributed by atoms with Gasteiger partial charge in [-0.2, -0.15) is 0 Å². The number of likely N-dealkylation sites (N-methyl/N-ethyl adjacent to an activating group) is 1. The van der Waals surface area contributed by atoms with Crippen molar-refractivity contribution in [1.82, 2.24) is 26.3 Å². The maximum atomic E-state index is 15.3. The highest BCUT2D eigenvalue weighted by Crippen LogP contribution is 2.41. The SMILES string of the molecule is CCCCCCCc1ccc(C(=O)C[C@@H](CCNC(=O)OC(C)(C)C)C(=O)N(C)[C@@H]2C(=O)C[C@@H](C)C(=O)N[C@H](C(=O)C[C@@H](C)C(=O)NO)Cc3ccc(OCCNC(=O)OC(C)(C)C)c(c3)-c3cc2ccc3OCCC)c(C)c1. The Balaban J connectivity index is 1.87. The van der Waals surface area contributed by atoms with Crippen LogP contribution in [0.3, 0.4) is 0 Å². The number of benzene rings is 3. The molecule has 3 aromatic carbocycles. The number of ketones is 3. The number of fused-ring (bicyclic) bond motifs is 5. The zero-order valence-electron chi connectivity index (χ0n) is 48.7. The lowest BCUT2D eigenvalue weighted by Crippen LogP contribution is -2.46. The van der Waals surface area contributed by atoms with Crippen molar-refractivity contribution in [3.63, 3.8) is 0 Å². The molecule has 18 heteroatoms. The molecule has 0 aromatic heterocycles. The summed E-state index contributed by atoms with van der Waals surface area (Å²) in [6, 6.07) is 13.5. The molecule has 5 atom stereocenters. The summed E-state index contributed by atoms with van der Waals surface area (Å²) in [5.41, 5.74) is 4.23. The van der Waals surface area contributed by atoms with E-state index >= 15 is 9.59 Å². The Bertz CT molecular complexity index is 2600. The topological polar surface area (TPSA) is 245 Å². The Hall–Kier alpha value is -6.82. The van der Waals surface area contributed by atoms with Crippen molar-refractivity contribution in [2.45, 2.75) is 176 Å². The van der Waals surface area contributed by atoms with Gasteiger partial charge in [0.05, 0.1) is 19.2 Å². The number of nitrogens with zero attached hydrogens (tertiary/aromatic N) is 1. The van der Waals surface area contributed by atoms with Crippen LogP contribution in [0.2, 0.25) is 0 Å². The summed E-state index contributed by atoms with van der Waals surface area (Å²) < 4.78 is 23.6. The zero-order chi connectivity index (χ0) is 58.6. The van der Waals surface area contributed by atoms with Crippen molar-refractivity contribution in [3.8, 4) is 22.6 Å². The lowest BCUT2D eigenvalue weighted by Gasteiger charge is -2.32. The molecule has 4 rings (SSSR count). The summed E-state index contributed by atoms with van der Waals surface area (Å²) in [5, 5.41) is 17.6. The number of Topliss-reactive ketones (excluding diaryl/α,β-unsaturated/α-hetero) is 3. The summed E-state index contributed by atoms with van der Waals surface area (Å²) >= 11 is 0. The van der Waals surface area contributed by atoms with Crippen molar-refractivity contribution in [3.05, 3.63) is 82.4 Å². The minimum Gasteiger partial charge on any atom is -0.493 e. The fourth-order valence-electron chi connectivity index (χ4n) is 9.36. The molecule has 434 valence electrons. The van der Waals surface area contributed by atoms with Crippen molar-refractivity contribution in [2.24, 2.45) is 17.8 Å². The number of ether oxygens (including phenoxy) is 4. The van der Waals surface area contributed by atoms with Crippen molar-refractivity contribution < 1.29 is 62.5 Å². The largest absolute Gasteiger partial charge is 0.493 e. The molecule has 0 fully saturated rings. The van der Waals surface area contributed by atoms with Gasteiger partial charge >= 0.3 is 12.2 Å². The first kappa shape index (κ1) is 64.7. The van der Waals surface area contributed by atoms with Crippen molar-refractivity contribution in [1.29, 1.82) is 0 Å². The van der Waals surface area contributed by atoms with E-state index in [1.54, 1.807) is 96.4 Å². The first-order valence-electron chi connectivity index (χ1n) is 27.9. The number of amides is 5. The van der Waals surface area contributed by atoms with Crippen LogP contribution in [-0.2, 0) is 46.3 Å². The molecule has 1 aliphatic heterocycles. The van der Waals surface area contributed by atoms with E-state index in [2.05, 4.69) is 22.9 Å². The molecular formula is C61H87N5O13. The fourth-order valence-corrected chi connectivity index (χ4v) is 9.36. The van der Waals surface area contributed by atoms with Crippen molar-refractivity contribution >= 4 is 47.3 Å². The van der Waals surface area contributed by atoms with Crippen LogP contribution in [0, 0.1) is 24.7 Å². The molecule has 79 heavy (non-hydrogen) atoms. The first-order chi connectivity index (χ1) is 37.2. The van der Waals surface area contributed by atoms with Gasteiger partial charge in [0.15, 0.2) is 17.3 Å². The van der Waals surface area contributed by atoms with E-state index in [1.807, 2.05) is 26.0 Å². The molecular weight excluding hydrogens is 1010 g/mol. The number of nitrogens with one attached hydrogen (secondary N) is 4. The number of alkyl carbamates (subject to hydrolysis) is 2. The van der Waals surface area contributed by atoms with Gasteiger partial charge in [-0.3, -0.25) is 34.0 Å². The van der Waals surface area contributed by atoms with Gasteiger partial charge in [0.1, 0.15) is 35.3 Å². The third-order valence-electron chi connectivity index (χ3n) is 13.5. The quantitative estimate of drug-likeness (QED) is 0.0230. The highest BCUT2D eigenvalue weighted by atomic mass is 16.6. The predicted octanol–water partition coefficient (Wildman–Crippen LogP) is 9.91.